The lowest BCUT2D eigenvalue weighted by Crippen LogP contribution is -2.27. The Labute approximate surface area is 85.6 Å². The van der Waals surface area contributed by atoms with Gasteiger partial charge in [0.2, 0.25) is 5.91 Å². The fraction of sp³-hybridized carbons (Fsp3) is 0.333. The lowest BCUT2D eigenvalue weighted by Gasteiger charge is -2.01. The number of hydrogen-bond donors (Lipinski definition) is 2. The van der Waals surface area contributed by atoms with Crippen molar-refractivity contribution < 1.29 is 14.7 Å². The molecule has 0 fully saturated rings. The highest BCUT2D eigenvalue weighted by molar-refractivity contribution is 7.07. The van der Waals surface area contributed by atoms with Crippen molar-refractivity contribution in [3.63, 3.8) is 0 Å². The zero-order valence-corrected chi connectivity index (χ0v) is 8.34. The molecule has 0 aliphatic carbocycles. The Hall–Kier alpha value is -1.36. The van der Waals surface area contributed by atoms with Gasteiger partial charge in [0.05, 0.1) is 12.8 Å². The molecule has 0 saturated carbocycles. The van der Waals surface area contributed by atoms with Crippen LogP contribution in [0.1, 0.15) is 12.0 Å². The SMILES string of the molecule is O=C(O)CCNC(=O)Cc1ccsc1. The first kappa shape index (κ1) is 10.7. The molecule has 0 saturated heterocycles. The Morgan fingerprint density at radius 1 is 1.50 bits per heavy atom. The number of thiophene rings is 1. The van der Waals surface area contributed by atoms with Gasteiger partial charge in [0.15, 0.2) is 0 Å². The average molecular weight is 213 g/mol. The Kier molecular flexibility index (Phi) is 4.12. The third kappa shape index (κ3) is 4.04. The Balaban J connectivity index is 2.20. The first-order valence-corrected chi connectivity index (χ1v) is 5.12. The van der Waals surface area contributed by atoms with Gasteiger partial charge in [-0.05, 0) is 22.4 Å². The molecule has 76 valence electrons. The van der Waals surface area contributed by atoms with Crippen molar-refractivity contribution in [3.8, 4) is 0 Å². The van der Waals surface area contributed by atoms with E-state index in [9.17, 15) is 9.59 Å². The molecule has 1 amide bonds. The number of carboxylic acid groups (broad SMARTS) is 1. The third-order valence-corrected chi connectivity index (χ3v) is 2.34. The first-order chi connectivity index (χ1) is 6.68. The molecule has 0 unspecified atom stereocenters. The number of hydrogen-bond acceptors (Lipinski definition) is 3. The van der Waals surface area contributed by atoms with Crippen LogP contribution in [0.25, 0.3) is 0 Å². The maximum absolute atomic E-state index is 11.2. The summed E-state index contributed by atoms with van der Waals surface area (Å²) < 4.78 is 0. The van der Waals surface area contributed by atoms with Gasteiger partial charge in [-0.2, -0.15) is 11.3 Å². The highest BCUT2D eigenvalue weighted by Gasteiger charge is 2.03. The maximum Gasteiger partial charge on any atom is 0.305 e. The highest BCUT2D eigenvalue weighted by atomic mass is 32.1. The number of rotatable bonds is 5. The van der Waals surface area contributed by atoms with Crippen LogP contribution in [0.4, 0.5) is 0 Å². The van der Waals surface area contributed by atoms with E-state index in [1.807, 2.05) is 16.8 Å². The molecule has 0 bridgehead atoms. The van der Waals surface area contributed by atoms with Crippen molar-refractivity contribution in [3.05, 3.63) is 22.4 Å². The van der Waals surface area contributed by atoms with Crippen molar-refractivity contribution >= 4 is 23.2 Å². The zero-order chi connectivity index (χ0) is 10.4. The minimum Gasteiger partial charge on any atom is -0.481 e. The minimum absolute atomic E-state index is 0.0324. The number of nitrogens with one attached hydrogen (secondary N) is 1. The van der Waals surface area contributed by atoms with E-state index in [1.54, 1.807) is 0 Å². The molecule has 2 N–H and O–H groups in total. The summed E-state index contributed by atoms with van der Waals surface area (Å²) >= 11 is 1.54. The number of carboxylic acids is 1. The summed E-state index contributed by atoms with van der Waals surface area (Å²) in [6, 6.07) is 1.88. The van der Waals surface area contributed by atoms with E-state index < -0.39 is 5.97 Å². The van der Waals surface area contributed by atoms with Crippen LogP contribution in [0.2, 0.25) is 0 Å². The van der Waals surface area contributed by atoms with E-state index in [0.29, 0.717) is 6.42 Å². The molecule has 0 radical (unpaired) electrons. The summed E-state index contributed by atoms with van der Waals surface area (Å²) in [5.41, 5.74) is 0.961. The topological polar surface area (TPSA) is 66.4 Å². The van der Waals surface area contributed by atoms with E-state index in [0.717, 1.165) is 5.56 Å². The van der Waals surface area contributed by atoms with Crippen LogP contribution in [-0.2, 0) is 16.0 Å². The monoisotopic (exact) mass is 213 g/mol. The Morgan fingerprint density at radius 3 is 2.86 bits per heavy atom. The predicted octanol–water partition coefficient (Wildman–Crippen LogP) is 0.881. The molecule has 1 aromatic rings. The summed E-state index contributed by atoms with van der Waals surface area (Å²) in [5.74, 6) is -1.04. The molecule has 1 rings (SSSR count). The van der Waals surface area contributed by atoms with Gasteiger partial charge in [0.25, 0.3) is 0 Å². The molecule has 1 aromatic heterocycles. The maximum atomic E-state index is 11.2. The van der Waals surface area contributed by atoms with Gasteiger partial charge in [-0.15, -0.1) is 0 Å². The number of carbonyl (C=O) groups is 2. The largest absolute Gasteiger partial charge is 0.481 e. The molecule has 14 heavy (non-hydrogen) atoms. The number of aliphatic carboxylic acids is 1. The van der Waals surface area contributed by atoms with Gasteiger partial charge in [-0.25, -0.2) is 0 Å². The molecular formula is C9H11NO3S. The molecule has 0 aliphatic rings. The quantitative estimate of drug-likeness (QED) is 0.763. The summed E-state index contributed by atoms with van der Waals surface area (Å²) in [6.07, 6.45) is 0.290. The van der Waals surface area contributed by atoms with Gasteiger partial charge in [0, 0.05) is 6.54 Å². The second kappa shape index (κ2) is 5.39. The van der Waals surface area contributed by atoms with Crippen LogP contribution in [0.3, 0.4) is 0 Å². The van der Waals surface area contributed by atoms with Gasteiger partial charge >= 0.3 is 5.97 Å². The van der Waals surface area contributed by atoms with Crippen LogP contribution in [0.5, 0.6) is 0 Å². The van der Waals surface area contributed by atoms with Gasteiger partial charge in [0.1, 0.15) is 0 Å². The molecule has 1 heterocycles. The van der Waals surface area contributed by atoms with Crippen LogP contribution in [0.15, 0.2) is 16.8 Å². The van der Waals surface area contributed by atoms with E-state index in [2.05, 4.69) is 5.32 Å². The van der Waals surface area contributed by atoms with Gasteiger partial charge in [-0.3, -0.25) is 9.59 Å². The second-order valence-corrected chi connectivity index (χ2v) is 3.58. The fourth-order valence-electron chi connectivity index (χ4n) is 0.950. The van der Waals surface area contributed by atoms with E-state index >= 15 is 0 Å². The second-order valence-electron chi connectivity index (χ2n) is 2.80. The van der Waals surface area contributed by atoms with Crippen molar-refractivity contribution in [2.45, 2.75) is 12.8 Å². The van der Waals surface area contributed by atoms with Crippen LogP contribution in [-0.4, -0.2) is 23.5 Å². The van der Waals surface area contributed by atoms with Crippen LogP contribution in [0, 0.1) is 0 Å². The summed E-state index contributed by atoms with van der Waals surface area (Å²) in [6.45, 7) is 0.193. The predicted molar refractivity (Wildman–Crippen MR) is 53.3 cm³/mol. The Morgan fingerprint density at radius 2 is 2.29 bits per heavy atom. The van der Waals surface area contributed by atoms with Crippen molar-refractivity contribution in [1.29, 1.82) is 0 Å². The fourth-order valence-corrected chi connectivity index (χ4v) is 1.62. The molecule has 0 spiro atoms. The van der Waals surface area contributed by atoms with Crippen molar-refractivity contribution in [2.24, 2.45) is 0 Å². The summed E-state index contributed by atoms with van der Waals surface area (Å²) in [4.78, 5) is 21.3. The molecule has 5 heteroatoms. The van der Waals surface area contributed by atoms with Crippen molar-refractivity contribution in [2.75, 3.05) is 6.54 Å². The molecule has 0 aliphatic heterocycles. The highest BCUT2D eigenvalue weighted by Crippen LogP contribution is 2.05. The van der Waals surface area contributed by atoms with E-state index in [4.69, 9.17) is 5.11 Å². The molecule has 4 nitrogen and oxygen atoms in total. The van der Waals surface area contributed by atoms with Crippen LogP contribution >= 0.6 is 11.3 Å². The van der Waals surface area contributed by atoms with Crippen LogP contribution < -0.4 is 5.32 Å². The van der Waals surface area contributed by atoms with Crippen molar-refractivity contribution in [1.82, 2.24) is 5.32 Å². The van der Waals surface area contributed by atoms with E-state index in [1.165, 1.54) is 11.3 Å². The number of carbonyl (C=O) groups excluding carboxylic acids is 1. The van der Waals surface area contributed by atoms with Gasteiger partial charge < -0.3 is 10.4 Å². The zero-order valence-electron chi connectivity index (χ0n) is 7.53. The van der Waals surface area contributed by atoms with Gasteiger partial charge in [-0.1, -0.05) is 0 Å². The molecule has 0 aromatic carbocycles. The third-order valence-electron chi connectivity index (χ3n) is 1.61. The van der Waals surface area contributed by atoms with E-state index in [-0.39, 0.29) is 18.9 Å². The smallest absolute Gasteiger partial charge is 0.305 e. The summed E-state index contributed by atoms with van der Waals surface area (Å²) in [5, 5.41) is 14.7. The average Bonchev–Trinajstić information content (AvgIpc) is 2.56. The first-order valence-electron chi connectivity index (χ1n) is 4.18. The minimum atomic E-state index is -0.902. The number of amides is 1. The molecular weight excluding hydrogens is 202 g/mol. The summed E-state index contributed by atoms with van der Waals surface area (Å²) in [7, 11) is 0. The normalized spacial score (nSPS) is 9.71. The molecule has 0 atom stereocenters. The lowest BCUT2D eigenvalue weighted by molar-refractivity contribution is -0.136. The lowest BCUT2D eigenvalue weighted by atomic mass is 10.2. The Bertz CT molecular complexity index is 308. The standard InChI is InChI=1S/C9H11NO3S/c11-8(10-3-1-9(12)13)5-7-2-4-14-6-7/h2,4,6H,1,3,5H2,(H,10,11)(H,12,13).